The molecule has 0 unspecified atom stereocenters. The molecule has 0 aliphatic heterocycles. The summed E-state index contributed by atoms with van der Waals surface area (Å²) < 4.78 is 0. The van der Waals surface area contributed by atoms with Crippen molar-refractivity contribution < 1.29 is 0 Å². The Morgan fingerprint density at radius 3 is 2.38 bits per heavy atom. The van der Waals surface area contributed by atoms with Gasteiger partial charge in [0.25, 0.3) is 0 Å². The first-order chi connectivity index (χ1) is 6.25. The Balaban J connectivity index is 0.000000671. The van der Waals surface area contributed by atoms with Gasteiger partial charge in [-0.2, -0.15) is 5.26 Å². The van der Waals surface area contributed by atoms with Crippen molar-refractivity contribution in [2.75, 3.05) is 0 Å². The van der Waals surface area contributed by atoms with E-state index in [0.29, 0.717) is 11.6 Å². The summed E-state index contributed by atoms with van der Waals surface area (Å²) in [6, 6.07) is 5.86. The molecule has 1 aromatic heterocycles. The first-order valence-corrected chi connectivity index (χ1v) is 4.60. The number of nitrogens with zero attached hydrogens (tertiary/aromatic N) is 2. The number of hydrogen-bond acceptors (Lipinski definition) is 2. The van der Waals surface area contributed by atoms with Crippen molar-refractivity contribution in [3.8, 4) is 6.07 Å². The molecule has 0 spiro atoms. The standard InChI is InChI=1S/C9H10N2.C2H6/c1-7(2)8-4-3-5-11-9(8)6-10;1-2/h3-5,7H,1-2H3;1-2H3. The largest absolute Gasteiger partial charge is 0.245 e. The molecule has 0 aromatic carbocycles. The smallest absolute Gasteiger partial charge is 0.143 e. The summed E-state index contributed by atoms with van der Waals surface area (Å²) in [5.41, 5.74) is 1.57. The van der Waals surface area contributed by atoms with Gasteiger partial charge in [0.15, 0.2) is 0 Å². The molecule has 0 radical (unpaired) electrons. The third-order valence-corrected chi connectivity index (χ3v) is 1.57. The first-order valence-electron chi connectivity index (χ1n) is 4.60. The predicted molar refractivity (Wildman–Crippen MR) is 54.4 cm³/mol. The van der Waals surface area contributed by atoms with Crippen LogP contribution in [0, 0.1) is 11.3 Å². The lowest BCUT2D eigenvalue weighted by molar-refractivity contribution is 0.852. The van der Waals surface area contributed by atoms with Gasteiger partial charge in [-0.25, -0.2) is 4.98 Å². The quantitative estimate of drug-likeness (QED) is 0.659. The Hall–Kier alpha value is -1.36. The van der Waals surface area contributed by atoms with Gasteiger partial charge >= 0.3 is 0 Å². The summed E-state index contributed by atoms with van der Waals surface area (Å²) in [7, 11) is 0. The molecule has 2 nitrogen and oxygen atoms in total. The van der Waals surface area contributed by atoms with Gasteiger partial charge in [-0.05, 0) is 17.5 Å². The van der Waals surface area contributed by atoms with Crippen molar-refractivity contribution in [3.63, 3.8) is 0 Å². The fraction of sp³-hybridized carbons (Fsp3) is 0.455. The molecule has 0 N–H and O–H groups in total. The minimum Gasteiger partial charge on any atom is -0.245 e. The normalized spacial score (nSPS) is 8.62. The molecule has 0 fully saturated rings. The molecular formula is C11H16N2. The number of aromatic nitrogens is 1. The molecule has 0 saturated carbocycles. The van der Waals surface area contributed by atoms with Crippen molar-refractivity contribution in [3.05, 3.63) is 29.6 Å². The molecule has 0 amide bonds. The van der Waals surface area contributed by atoms with Gasteiger partial charge in [0.1, 0.15) is 11.8 Å². The van der Waals surface area contributed by atoms with Gasteiger partial charge in [0.05, 0.1) is 0 Å². The van der Waals surface area contributed by atoms with Crippen LogP contribution in [0.3, 0.4) is 0 Å². The molecule has 2 heteroatoms. The molecule has 70 valence electrons. The average Bonchev–Trinajstić information content (AvgIpc) is 2.20. The Morgan fingerprint density at radius 2 is 2.00 bits per heavy atom. The average molecular weight is 176 g/mol. The molecule has 0 bridgehead atoms. The van der Waals surface area contributed by atoms with Crippen LogP contribution in [-0.4, -0.2) is 4.98 Å². The van der Waals surface area contributed by atoms with Crippen LogP contribution in [-0.2, 0) is 0 Å². The summed E-state index contributed by atoms with van der Waals surface area (Å²) in [5, 5.41) is 8.65. The fourth-order valence-corrected chi connectivity index (χ4v) is 0.977. The van der Waals surface area contributed by atoms with Gasteiger partial charge < -0.3 is 0 Å². The molecule has 13 heavy (non-hydrogen) atoms. The first kappa shape index (κ1) is 11.6. The lowest BCUT2D eigenvalue weighted by Crippen LogP contribution is -1.94. The summed E-state index contributed by atoms with van der Waals surface area (Å²) in [6.45, 7) is 8.11. The highest BCUT2D eigenvalue weighted by Crippen LogP contribution is 2.15. The van der Waals surface area contributed by atoms with E-state index in [1.807, 2.05) is 26.0 Å². The lowest BCUT2D eigenvalue weighted by Gasteiger charge is -2.04. The monoisotopic (exact) mass is 176 g/mol. The lowest BCUT2D eigenvalue weighted by atomic mass is 10.0. The Labute approximate surface area is 80.2 Å². The van der Waals surface area contributed by atoms with Crippen LogP contribution in [0.4, 0.5) is 0 Å². The van der Waals surface area contributed by atoms with Crippen LogP contribution in [0.5, 0.6) is 0 Å². The number of pyridine rings is 1. The van der Waals surface area contributed by atoms with Crippen molar-refractivity contribution >= 4 is 0 Å². The second-order valence-corrected chi connectivity index (χ2v) is 2.71. The van der Waals surface area contributed by atoms with E-state index in [1.165, 1.54) is 0 Å². The molecular weight excluding hydrogens is 160 g/mol. The van der Waals surface area contributed by atoms with Gasteiger partial charge in [-0.1, -0.05) is 33.8 Å². The van der Waals surface area contributed by atoms with E-state index in [0.717, 1.165) is 5.56 Å². The van der Waals surface area contributed by atoms with E-state index < -0.39 is 0 Å². The van der Waals surface area contributed by atoms with E-state index in [-0.39, 0.29) is 0 Å². The van der Waals surface area contributed by atoms with Gasteiger partial charge in [0, 0.05) is 6.20 Å². The van der Waals surface area contributed by atoms with E-state index in [2.05, 4.69) is 24.9 Å². The van der Waals surface area contributed by atoms with E-state index in [4.69, 9.17) is 5.26 Å². The van der Waals surface area contributed by atoms with Crippen molar-refractivity contribution in [2.45, 2.75) is 33.6 Å². The highest BCUT2D eigenvalue weighted by molar-refractivity contribution is 5.32. The SMILES string of the molecule is CC.CC(C)c1cccnc1C#N. The topological polar surface area (TPSA) is 36.7 Å². The number of nitriles is 1. The highest BCUT2D eigenvalue weighted by atomic mass is 14.7. The summed E-state index contributed by atoms with van der Waals surface area (Å²) in [5.74, 6) is 0.373. The minimum atomic E-state index is 0.373. The van der Waals surface area contributed by atoms with Crippen LogP contribution in [0.15, 0.2) is 18.3 Å². The zero-order valence-corrected chi connectivity index (χ0v) is 8.70. The Bertz CT molecular complexity index is 284. The molecule has 0 atom stereocenters. The number of rotatable bonds is 1. The third-order valence-electron chi connectivity index (χ3n) is 1.57. The van der Waals surface area contributed by atoms with Crippen LogP contribution in [0.2, 0.25) is 0 Å². The Morgan fingerprint density at radius 1 is 1.38 bits per heavy atom. The van der Waals surface area contributed by atoms with E-state index in [9.17, 15) is 0 Å². The van der Waals surface area contributed by atoms with Crippen molar-refractivity contribution in [1.82, 2.24) is 4.98 Å². The molecule has 0 saturated heterocycles. The molecule has 0 aliphatic carbocycles. The van der Waals surface area contributed by atoms with Crippen LogP contribution < -0.4 is 0 Å². The zero-order valence-electron chi connectivity index (χ0n) is 8.70. The minimum absolute atomic E-state index is 0.373. The van der Waals surface area contributed by atoms with E-state index in [1.54, 1.807) is 6.20 Å². The van der Waals surface area contributed by atoms with Crippen LogP contribution in [0.25, 0.3) is 0 Å². The maximum atomic E-state index is 8.65. The van der Waals surface area contributed by atoms with Gasteiger partial charge in [-0.3, -0.25) is 0 Å². The molecule has 1 rings (SSSR count). The highest BCUT2D eigenvalue weighted by Gasteiger charge is 2.04. The third kappa shape index (κ3) is 3.25. The van der Waals surface area contributed by atoms with Gasteiger partial charge in [-0.15, -0.1) is 0 Å². The maximum absolute atomic E-state index is 8.65. The second-order valence-electron chi connectivity index (χ2n) is 2.71. The summed E-state index contributed by atoms with van der Waals surface area (Å²) in [6.07, 6.45) is 1.64. The predicted octanol–water partition coefficient (Wildman–Crippen LogP) is 3.10. The van der Waals surface area contributed by atoms with Crippen LogP contribution >= 0.6 is 0 Å². The molecule has 1 heterocycles. The van der Waals surface area contributed by atoms with Crippen LogP contribution in [0.1, 0.15) is 44.9 Å². The van der Waals surface area contributed by atoms with Gasteiger partial charge in [0.2, 0.25) is 0 Å². The number of hydrogen-bond donors (Lipinski definition) is 0. The molecule has 1 aromatic rings. The zero-order chi connectivity index (χ0) is 10.3. The van der Waals surface area contributed by atoms with Crippen molar-refractivity contribution in [2.24, 2.45) is 0 Å². The second kappa shape index (κ2) is 6.19. The van der Waals surface area contributed by atoms with E-state index >= 15 is 0 Å². The van der Waals surface area contributed by atoms with Crippen molar-refractivity contribution in [1.29, 1.82) is 5.26 Å². The Kier molecular flexibility index (Phi) is 5.54. The molecule has 0 aliphatic rings. The summed E-state index contributed by atoms with van der Waals surface area (Å²) in [4.78, 5) is 3.96. The summed E-state index contributed by atoms with van der Waals surface area (Å²) >= 11 is 0. The maximum Gasteiger partial charge on any atom is 0.143 e. The fourth-order valence-electron chi connectivity index (χ4n) is 0.977.